The van der Waals surface area contributed by atoms with Crippen molar-refractivity contribution in [3.63, 3.8) is 0 Å². The van der Waals surface area contributed by atoms with Crippen molar-refractivity contribution >= 4 is 40.8 Å². The zero-order valence-electron chi connectivity index (χ0n) is 15.0. The predicted molar refractivity (Wildman–Crippen MR) is 103 cm³/mol. The SMILES string of the molecule is CC(OC(=O)C(C)Oc1ccc(Cl)cc1Cl)C(=O)Nc1ccc2c(c1)OCO2. The molecule has 0 bridgehead atoms. The summed E-state index contributed by atoms with van der Waals surface area (Å²) in [5.41, 5.74) is 0.495. The van der Waals surface area contributed by atoms with Gasteiger partial charge in [0.05, 0.1) is 5.02 Å². The van der Waals surface area contributed by atoms with E-state index in [0.717, 1.165) is 0 Å². The Labute approximate surface area is 171 Å². The normalized spacial score (nSPS) is 14.1. The molecule has 0 saturated carbocycles. The third kappa shape index (κ3) is 4.79. The summed E-state index contributed by atoms with van der Waals surface area (Å²) in [4.78, 5) is 24.5. The molecule has 1 amide bonds. The van der Waals surface area contributed by atoms with Gasteiger partial charge in [-0.25, -0.2) is 4.79 Å². The number of hydrogen-bond donors (Lipinski definition) is 1. The van der Waals surface area contributed by atoms with E-state index in [-0.39, 0.29) is 17.6 Å². The molecule has 0 spiro atoms. The molecule has 0 aromatic heterocycles. The first-order chi connectivity index (χ1) is 13.3. The monoisotopic (exact) mass is 425 g/mol. The van der Waals surface area contributed by atoms with Crippen LogP contribution < -0.4 is 19.5 Å². The summed E-state index contributed by atoms with van der Waals surface area (Å²) in [6.45, 7) is 3.09. The molecule has 2 aromatic carbocycles. The third-order valence-corrected chi connectivity index (χ3v) is 4.36. The number of hydrogen-bond acceptors (Lipinski definition) is 6. The molecule has 148 valence electrons. The number of ether oxygens (including phenoxy) is 4. The van der Waals surface area contributed by atoms with Crippen LogP contribution in [0, 0.1) is 0 Å². The van der Waals surface area contributed by atoms with Gasteiger partial charge in [0, 0.05) is 16.8 Å². The van der Waals surface area contributed by atoms with Crippen molar-refractivity contribution in [1.29, 1.82) is 0 Å². The van der Waals surface area contributed by atoms with Crippen LogP contribution in [0.4, 0.5) is 5.69 Å². The topological polar surface area (TPSA) is 83.1 Å². The highest BCUT2D eigenvalue weighted by Gasteiger charge is 2.24. The Balaban J connectivity index is 1.54. The van der Waals surface area contributed by atoms with Crippen molar-refractivity contribution in [3.05, 3.63) is 46.4 Å². The summed E-state index contributed by atoms with van der Waals surface area (Å²) in [6, 6.07) is 9.60. The number of amides is 1. The molecule has 1 N–H and O–H groups in total. The van der Waals surface area contributed by atoms with Gasteiger partial charge in [-0.05, 0) is 44.2 Å². The van der Waals surface area contributed by atoms with E-state index in [0.29, 0.717) is 22.2 Å². The van der Waals surface area contributed by atoms with Crippen LogP contribution in [0.25, 0.3) is 0 Å². The third-order valence-electron chi connectivity index (χ3n) is 3.83. The Morgan fingerprint density at radius 3 is 2.54 bits per heavy atom. The average Bonchev–Trinajstić information content (AvgIpc) is 3.11. The molecule has 0 radical (unpaired) electrons. The van der Waals surface area contributed by atoms with Crippen LogP contribution >= 0.6 is 23.2 Å². The second-order valence-electron chi connectivity index (χ2n) is 5.97. The van der Waals surface area contributed by atoms with Crippen molar-refractivity contribution < 1.29 is 28.5 Å². The van der Waals surface area contributed by atoms with Crippen LogP contribution in [0.3, 0.4) is 0 Å². The first-order valence-corrected chi connectivity index (χ1v) is 9.12. The largest absolute Gasteiger partial charge is 0.477 e. The van der Waals surface area contributed by atoms with Gasteiger partial charge in [0.2, 0.25) is 6.79 Å². The van der Waals surface area contributed by atoms with E-state index < -0.39 is 24.1 Å². The molecule has 2 aromatic rings. The summed E-state index contributed by atoms with van der Waals surface area (Å²) < 4.78 is 21.1. The highest BCUT2D eigenvalue weighted by atomic mass is 35.5. The lowest BCUT2D eigenvalue weighted by atomic mass is 10.2. The second-order valence-corrected chi connectivity index (χ2v) is 6.81. The van der Waals surface area contributed by atoms with Crippen LogP contribution in [0.1, 0.15) is 13.8 Å². The standard InChI is InChI=1S/C19H17Cl2NO6/c1-10(18(23)22-13-4-6-16-17(8-13)26-9-25-16)28-19(24)11(2)27-15-5-3-12(20)7-14(15)21/h3-8,10-11H,9H2,1-2H3,(H,22,23). The van der Waals surface area contributed by atoms with Crippen molar-refractivity contribution in [2.75, 3.05) is 12.1 Å². The number of anilines is 1. The molecule has 0 aliphatic carbocycles. The number of halogens is 2. The van der Waals surface area contributed by atoms with Gasteiger partial charge in [-0.15, -0.1) is 0 Å². The summed E-state index contributed by atoms with van der Waals surface area (Å²) in [6.07, 6.45) is -2.01. The van der Waals surface area contributed by atoms with Crippen LogP contribution in [0.5, 0.6) is 17.2 Å². The Bertz CT molecular complexity index is 904. The average molecular weight is 426 g/mol. The second kappa shape index (κ2) is 8.58. The number of fused-ring (bicyclic) bond motifs is 1. The fraction of sp³-hybridized carbons (Fsp3) is 0.263. The molecule has 3 rings (SSSR count). The highest BCUT2D eigenvalue weighted by Crippen LogP contribution is 2.34. The molecule has 1 heterocycles. The number of carbonyl (C=O) groups is 2. The fourth-order valence-electron chi connectivity index (χ4n) is 2.35. The number of esters is 1. The Kier molecular flexibility index (Phi) is 6.16. The molecule has 2 unspecified atom stereocenters. The maximum Gasteiger partial charge on any atom is 0.347 e. The maximum atomic E-state index is 12.3. The molecule has 7 nitrogen and oxygen atoms in total. The number of nitrogens with one attached hydrogen (secondary N) is 1. The van der Waals surface area contributed by atoms with Gasteiger partial charge in [-0.1, -0.05) is 23.2 Å². The van der Waals surface area contributed by atoms with Gasteiger partial charge >= 0.3 is 5.97 Å². The Morgan fingerprint density at radius 2 is 1.79 bits per heavy atom. The molecular weight excluding hydrogens is 409 g/mol. The maximum absolute atomic E-state index is 12.3. The van der Waals surface area contributed by atoms with Crippen molar-refractivity contribution in [3.8, 4) is 17.2 Å². The quantitative estimate of drug-likeness (QED) is 0.702. The lowest BCUT2D eigenvalue weighted by molar-refractivity contribution is -0.159. The van der Waals surface area contributed by atoms with E-state index in [9.17, 15) is 9.59 Å². The molecule has 28 heavy (non-hydrogen) atoms. The Hall–Kier alpha value is -2.64. The zero-order valence-corrected chi connectivity index (χ0v) is 16.5. The predicted octanol–water partition coefficient (Wildman–Crippen LogP) is 4.06. The van der Waals surface area contributed by atoms with Gasteiger partial charge in [0.25, 0.3) is 5.91 Å². The van der Waals surface area contributed by atoms with E-state index in [1.54, 1.807) is 30.3 Å². The van der Waals surface area contributed by atoms with Crippen LogP contribution in [0.2, 0.25) is 10.0 Å². The zero-order chi connectivity index (χ0) is 20.3. The van der Waals surface area contributed by atoms with Gasteiger partial charge in [-0.3, -0.25) is 4.79 Å². The molecule has 0 fully saturated rings. The van der Waals surface area contributed by atoms with Crippen molar-refractivity contribution in [1.82, 2.24) is 0 Å². The fourth-order valence-corrected chi connectivity index (χ4v) is 2.80. The molecule has 0 saturated heterocycles. The van der Waals surface area contributed by atoms with E-state index in [2.05, 4.69) is 5.32 Å². The number of carbonyl (C=O) groups excluding carboxylic acids is 2. The summed E-state index contributed by atoms with van der Waals surface area (Å²) in [7, 11) is 0. The molecule has 2 atom stereocenters. The molecular formula is C19H17Cl2NO6. The van der Waals surface area contributed by atoms with Crippen LogP contribution in [-0.2, 0) is 14.3 Å². The van der Waals surface area contributed by atoms with Crippen LogP contribution in [-0.4, -0.2) is 30.9 Å². The lowest BCUT2D eigenvalue weighted by Gasteiger charge is -2.18. The van der Waals surface area contributed by atoms with Gasteiger partial charge in [-0.2, -0.15) is 0 Å². The molecule has 1 aliphatic rings. The summed E-state index contributed by atoms with van der Waals surface area (Å²) >= 11 is 11.8. The van der Waals surface area contributed by atoms with E-state index >= 15 is 0 Å². The lowest BCUT2D eigenvalue weighted by Crippen LogP contribution is -2.35. The van der Waals surface area contributed by atoms with Crippen molar-refractivity contribution in [2.45, 2.75) is 26.1 Å². The number of benzene rings is 2. The molecule has 9 heteroatoms. The minimum atomic E-state index is -1.04. The van der Waals surface area contributed by atoms with Gasteiger partial charge in [0.15, 0.2) is 23.7 Å². The highest BCUT2D eigenvalue weighted by molar-refractivity contribution is 6.35. The Morgan fingerprint density at radius 1 is 1.04 bits per heavy atom. The number of rotatable bonds is 6. The molecule has 1 aliphatic heterocycles. The first-order valence-electron chi connectivity index (χ1n) is 8.36. The van der Waals surface area contributed by atoms with E-state index in [4.69, 9.17) is 42.1 Å². The first kappa shape index (κ1) is 20.1. The smallest absolute Gasteiger partial charge is 0.347 e. The van der Waals surface area contributed by atoms with Crippen LogP contribution in [0.15, 0.2) is 36.4 Å². The summed E-state index contributed by atoms with van der Waals surface area (Å²) in [5.74, 6) is 0.213. The van der Waals surface area contributed by atoms with Crippen molar-refractivity contribution in [2.24, 2.45) is 0 Å². The van der Waals surface area contributed by atoms with Gasteiger partial charge < -0.3 is 24.3 Å². The van der Waals surface area contributed by atoms with Gasteiger partial charge in [0.1, 0.15) is 5.75 Å². The minimum Gasteiger partial charge on any atom is -0.477 e. The van der Waals surface area contributed by atoms with E-state index in [1.807, 2.05) is 0 Å². The van der Waals surface area contributed by atoms with E-state index in [1.165, 1.54) is 19.9 Å². The minimum absolute atomic E-state index is 0.135. The summed E-state index contributed by atoms with van der Waals surface area (Å²) in [5, 5.41) is 3.36.